The maximum atomic E-state index is 4.87. The highest BCUT2D eigenvalue weighted by molar-refractivity contribution is 5.51. The number of benzene rings is 1. The number of nitrogens with one attached hydrogen (secondary N) is 1. The zero-order chi connectivity index (χ0) is 17.8. The summed E-state index contributed by atoms with van der Waals surface area (Å²) in [6.07, 6.45) is 4.16. The van der Waals surface area contributed by atoms with Crippen LogP contribution in [0.2, 0.25) is 0 Å². The highest BCUT2D eigenvalue weighted by Crippen LogP contribution is 2.33. The third-order valence-electron chi connectivity index (χ3n) is 5.03. The summed E-state index contributed by atoms with van der Waals surface area (Å²) in [4.78, 5) is 11.7. The Morgan fingerprint density at radius 1 is 1.00 bits per heavy atom. The summed E-state index contributed by atoms with van der Waals surface area (Å²) in [5.41, 5.74) is 3.90. The Morgan fingerprint density at radius 2 is 1.85 bits per heavy atom. The Morgan fingerprint density at radius 3 is 2.69 bits per heavy atom. The van der Waals surface area contributed by atoms with Gasteiger partial charge in [-0.3, -0.25) is 4.90 Å². The molecule has 0 aliphatic carbocycles. The number of likely N-dealkylation sites (tertiary alicyclic amines) is 1. The van der Waals surface area contributed by atoms with Gasteiger partial charge in [0.05, 0.1) is 11.7 Å². The maximum Gasteiger partial charge on any atom is 0.131 e. The van der Waals surface area contributed by atoms with E-state index in [1.165, 1.54) is 17.5 Å². The highest BCUT2D eigenvalue weighted by Gasteiger charge is 2.27. The molecule has 1 aliphatic rings. The summed E-state index contributed by atoms with van der Waals surface area (Å²) in [6, 6.07) is 21.1. The predicted octanol–water partition coefficient (Wildman–Crippen LogP) is 4.87. The second-order valence-electron chi connectivity index (χ2n) is 6.84. The summed E-state index contributed by atoms with van der Waals surface area (Å²) in [5.74, 6) is 1.67. The van der Waals surface area contributed by atoms with E-state index in [1.54, 1.807) is 6.20 Å². The van der Waals surface area contributed by atoms with Gasteiger partial charge >= 0.3 is 0 Å². The normalized spacial score (nSPS) is 17.3. The molecule has 3 aromatic rings. The molecule has 0 bridgehead atoms. The summed E-state index contributed by atoms with van der Waals surface area (Å²) in [5, 5.41) is 3.30. The molecular formula is C22H24N4. The van der Waals surface area contributed by atoms with Gasteiger partial charge < -0.3 is 5.32 Å². The lowest BCUT2D eigenvalue weighted by molar-refractivity contribution is 0.244. The van der Waals surface area contributed by atoms with Crippen molar-refractivity contribution in [1.29, 1.82) is 0 Å². The molecule has 0 amide bonds. The van der Waals surface area contributed by atoms with Crippen LogP contribution in [-0.2, 0) is 6.54 Å². The Bertz CT molecular complexity index is 863. The van der Waals surface area contributed by atoms with E-state index < -0.39 is 0 Å². The number of nitrogens with zero attached hydrogens (tertiary/aromatic N) is 3. The van der Waals surface area contributed by atoms with Crippen molar-refractivity contribution in [2.75, 3.05) is 11.9 Å². The molecule has 1 aliphatic heterocycles. The molecule has 132 valence electrons. The number of aromatic nitrogens is 2. The highest BCUT2D eigenvalue weighted by atomic mass is 15.2. The smallest absolute Gasteiger partial charge is 0.131 e. The second kappa shape index (κ2) is 7.67. The molecule has 3 heterocycles. The van der Waals surface area contributed by atoms with Gasteiger partial charge in [0.15, 0.2) is 0 Å². The first-order chi connectivity index (χ1) is 12.8. The van der Waals surface area contributed by atoms with Crippen molar-refractivity contribution in [2.24, 2.45) is 0 Å². The van der Waals surface area contributed by atoms with E-state index >= 15 is 0 Å². The van der Waals surface area contributed by atoms with Crippen LogP contribution in [0.3, 0.4) is 0 Å². The minimum Gasteiger partial charge on any atom is -0.325 e. The standard InChI is InChI=1S/C22H24N4/c1-17-8-2-3-9-18(17)16-26-15-7-11-20(26)19-10-6-13-22(24-19)25-21-12-4-5-14-23-21/h2-6,8-10,12-14,20H,7,11,15-16H2,1H3,(H,23,24,25). The summed E-state index contributed by atoms with van der Waals surface area (Å²) >= 11 is 0. The first-order valence-electron chi connectivity index (χ1n) is 9.23. The van der Waals surface area contributed by atoms with Crippen molar-refractivity contribution >= 4 is 11.6 Å². The van der Waals surface area contributed by atoms with Gasteiger partial charge in [-0.05, 0) is 61.7 Å². The number of pyridine rings is 2. The average Bonchev–Trinajstić information content (AvgIpc) is 3.13. The average molecular weight is 344 g/mol. The Hall–Kier alpha value is -2.72. The summed E-state index contributed by atoms with van der Waals surface area (Å²) in [7, 11) is 0. The Labute approximate surface area is 154 Å². The van der Waals surface area contributed by atoms with E-state index in [-0.39, 0.29) is 0 Å². The van der Waals surface area contributed by atoms with Crippen LogP contribution in [0.1, 0.15) is 35.7 Å². The minimum atomic E-state index is 0.375. The predicted molar refractivity (Wildman–Crippen MR) is 105 cm³/mol. The van der Waals surface area contributed by atoms with Gasteiger partial charge in [0.25, 0.3) is 0 Å². The van der Waals surface area contributed by atoms with Crippen LogP contribution in [0.15, 0.2) is 66.9 Å². The first kappa shape index (κ1) is 16.7. The molecule has 1 atom stereocenters. The topological polar surface area (TPSA) is 41.0 Å². The van der Waals surface area contributed by atoms with E-state index in [4.69, 9.17) is 4.98 Å². The van der Waals surface area contributed by atoms with Crippen LogP contribution < -0.4 is 5.32 Å². The van der Waals surface area contributed by atoms with Crippen LogP contribution in [0.5, 0.6) is 0 Å². The lowest BCUT2D eigenvalue weighted by Gasteiger charge is -2.25. The number of anilines is 2. The van der Waals surface area contributed by atoms with Crippen LogP contribution >= 0.6 is 0 Å². The molecule has 2 aromatic heterocycles. The fourth-order valence-electron chi connectivity index (χ4n) is 3.63. The molecule has 1 saturated heterocycles. The van der Waals surface area contributed by atoms with Gasteiger partial charge in [0.2, 0.25) is 0 Å². The van der Waals surface area contributed by atoms with Crippen LogP contribution in [0.25, 0.3) is 0 Å². The van der Waals surface area contributed by atoms with Gasteiger partial charge in [-0.1, -0.05) is 36.4 Å². The lowest BCUT2D eigenvalue weighted by Crippen LogP contribution is -2.24. The van der Waals surface area contributed by atoms with Crippen molar-refractivity contribution in [3.63, 3.8) is 0 Å². The van der Waals surface area contributed by atoms with Crippen molar-refractivity contribution < 1.29 is 0 Å². The largest absolute Gasteiger partial charge is 0.325 e. The van der Waals surface area contributed by atoms with Crippen LogP contribution in [-0.4, -0.2) is 21.4 Å². The first-order valence-corrected chi connectivity index (χ1v) is 9.23. The quantitative estimate of drug-likeness (QED) is 0.717. The van der Waals surface area contributed by atoms with E-state index in [0.717, 1.165) is 36.8 Å². The SMILES string of the molecule is Cc1ccccc1CN1CCCC1c1cccc(Nc2ccccn2)n1. The number of aryl methyl sites for hydroxylation is 1. The van der Waals surface area contributed by atoms with Crippen molar-refractivity contribution in [3.05, 3.63) is 83.7 Å². The zero-order valence-electron chi connectivity index (χ0n) is 15.1. The van der Waals surface area contributed by atoms with Gasteiger partial charge in [-0.2, -0.15) is 0 Å². The van der Waals surface area contributed by atoms with Gasteiger partial charge in [-0.25, -0.2) is 9.97 Å². The van der Waals surface area contributed by atoms with Crippen molar-refractivity contribution in [1.82, 2.24) is 14.9 Å². The third-order valence-corrected chi connectivity index (χ3v) is 5.03. The number of rotatable bonds is 5. The number of hydrogen-bond donors (Lipinski definition) is 1. The molecule has 1 fully saturated rings. The number of hydrogen-bond acceptors (Lipinski definition) is 4. The molecule has 4 rings (SSSR count). The van der Waals surface area contributed by atoms with E-state index in [0.29, 0.717) is 6.04 Å². The molecule has 26 heavy (non-hydrogen) atoms. The fraction of sp³-hybridized carbons (Fsp3) is 0.273. The molecule has 4 heteroatoms. The molecule has 1 N–H and O–H groups in total. The molecule has 1 unspecified atom stereocenters. The van der Waals surface area contributed by atoms with E-state index in [1.807, 2.05) is 24.3 Å². The molecule has 0 radical (unpaired) electrons. The zero-order valence-corrected chi connectivity index (χ0v) is 15.1. The Balaban J connectivity index is 1.52. The molecular weight excluding hydrogens is 320 g/mol. The minimum absolute atomic E-state index is 0.375. The summed E-state index contributed by atoms with van der Waals surface area (Å²) in [6.45, 7) is 4.30. The van der Waals surface area contributed by atoms with Crippen LogP contribution in [0.4, 0.5) is 11.6 Å². The molecule has 0 saturated carbocycles. The third kappa shape index (κ3) is 3.75. The molecule has 4 nitrogen and oxygen atoms in total. The fourth-order valence-corrected chi connectivity index (χ4v) is 3.63. The monoisotopic (exact) mass is 344 g/mol. The van der Waals surface area contributed by atoms with Crippen molar-refractivity contribution in [3.8, 4) is 0 Å². The van der Waals surface area contributed by atoms with Gasteiger partial charge in [0.1, 0.15) is 11.6 Å². The van der Waals surface area contributed by atoms with Crippen molar-refractivity contribution in [2.45, 2.75) is 32.4 Å². The molecule has 1 aromatic carbocycles. The van der Waals surface area contributed by atoms with E-state index in [2.05, 4.69) is 58.5 Å². The van der Waals surface area contributed by atoms with Crippen LogP contribution in [0, 0.1) is 6.92 Å². The van der Waals surface area contributed by atoms with Gasteiger partial charge in [0, 0.05) is 12.7 Å². The Kier molecular flexibility index (Phi) is 4.93. The molecule has 0 spiro atoms. The lowest BCUT2D eigenvalue weighted by atomic mass is 10.1. The maximum absolute atomic E-state index is 4.87. The second-order valence-corrected chi connectivity index (χ2v) is 6.84. The van der Waals surface area contributed by atoms with E-state index in [9.17, 15) is 0 Å². The summed E-state index contributed by atoms with van der Waals surface area (Å²) < 4.78 is 0. The van der Waals surface area contributed by atoms with Gasteiger partial charge in [-0.15, -0.1) is 0 Å².